The average molecular weight is 256 g/mol. The third-order valence-corrected chi connectivity index (χ3v) is 4.06. The Morgan fingerprint density at radius 2 is 2.31 bits per heavy atom. The van der Waals surface area contributed by atoms with Gasteiger partial charge in [0.1, 0.15) is 0 Å². The first-order chi connectivity index (χ1) is 7.61. The Morgan fingerprint density at radius 1 is 1.56 bits per heavy atom. The van der Waals surface area contributed by atoms with Crippen molar-refractivity contribution in [2.75, 3.05) is 5.32 Å². The molecule has 2 rings (SSSR count). The molecule has 1 heterocycles. The van der Waals surface area contributed by atoms with Crippen LogP contribution in [0.3, 0.4) is 0 Å². The first-order valence-corrected chi connectivity index (χ1v) is 6.19. The summed E-state index contributed by atoms with van der Waals surface area (Å²) >= 11 is 6.90. The van der Waals surface area contributed by atoms with E-state index in [2.05, 4.69) is 5.32 Å². The number of halogens is 1. The lowest BCUT2D eigenvalue weighted by atomic mass is 10.2. The zero-order valence-electron chi connectivity index (χ0n) is 8.62. The van der Waals surface area contributed by atoms with Crippen LogP contribution in [0, 0.1) is 0 Å². The van der Waals surface area contributed by atoms with E-state index in [0.717, 1.165) is 11.3 Å². The molecular weight excluding hydrogens is 246 g/mol. The molecule has 0 saturated carbocycles. The topological polar surface area (TPSA) is 46.2 Å². The van der Waals surface area contributed by atoms with Crippen LogP contribution in [0.15, 0.2) is 23.1 Å². The van der Waals surface area contributed by atoms with E-state index in [-0.39, 0.29) is 11.2 Å². The summed E-state index contributed by atoms with van der Waals surface area (Å²) in [5.74, 6) is -0.0147. The van der Waals surface area contributed by atoms with E-state index in [4.69, 9.17) is 11.6 Å². The molecule has 5 heteroatoms. The first kappa shape index (κ1) is 11.5. The van der Waals surface area contributed by atoms with Crippen LogP contribution in [0.2, 0.25) is 0 Å². The van der Waals surface area contributed by atoms with Crippen LogP contribution < -0.4 is 5.32 Å². The maximum Gasteiger partial charge on any atom is 0.252 e. The van der Waals surface area contributed by atoms with Gasteiger partial charge in [-0.15, -0.1) is 11.8 Å². The Balaban J connectivity index is 2.36. The molecule has 84 valence electrons. The molecule has 1 aliphatic heterocycles. The van der Waals surface area contributed by atoms with Gasteiger partial charge in [0.15, 0.2) is 0 Å². The lowest BCUT2D eigenvalue weighted by molar-refractivity contribution is -0.115. The van der Waals surface area contributed by atoms with Crippen LogP contribution in [0.4, 0.5) is 5.69 Å². The van der Waals surface area contributed by atoms with Gasteiger partial charge in [-0.05, 0) is 36.2 Å². The zero-order chi connectivity index (χ0) is 11.7. The van der Waals surface area contributed by atoms with Crippen molar-refractivity contribution in [2.24, 2.45) is 0 Å². The summed E-state index contributed by atoms with van der Waals surface area (Å²) in [7, 11) is 0. The summed E-state index contributed by atoms with van der Waals surface area (Å²) in [6, 6.07) is 5.10. The van der Waals surface area contributed by atoms with Crippen molar-refractivity contribution in [3.05, 3.63) is 23.8 Å². The number of hydrogen-bond donors (Lipinski definition) is 1. The number of carbonyl (C=O) groups is 2. The van der Waals surface area contributed by atoms with E-state index in [0.29, 0.717) is 11.3 Å². The zero-order valence-corrected chi connectivity index (χ0v) is 10.2. The number of rotatable bonds is 2. The second kappa shape index (κ2) is 4.47. The molecule has 0 bridgehead atoms. The highest BCUT2D eigenvalue weighted by molar-refractivity contribution is 8.01. The van der Waals surface area contributed by atoms with Crippen molar-refractivity contribution in [1.29, 1.82) is 0 Å². The fourth-order valence-corrected chi connectivity index (χ4v) is 2.68. The molecule has 1 aromatic carbocycles. The highest BCUT2D eigenvalue weighted by atomic mass is 35.5. The van der Waals surface area contributed by atoms with E-state index in [1.54, 1.807) is 12.1 Å². The lowest BCUT2D eigenvalue weighted by Crippen LogP contribution is -2.28. The van der Waals surface area contributed by atoms with Crippen LogP contribution in [0.25, 0.3) is 0 Å². The van der Waals surface area contributed by atoms with E-state index < -0.39 is 5.24 Å². The Morgan fingerprint density at radius 3 is 2.94 bits per heavy atom. The van der Waals surface area contributed by atoms with Gasteiger partial charge in [-0.25, -0.2) is 0 Å². The first-order valence-electron chi connectivity index (χ1n) is 4.93. The van der Waals surface area contributed by atoms with Crippen molar-refractivity contribution >= 4 is 40.2 Å². The molecule has 0 aromatic heterocycles. The molecule has 0 radical (unpaired) electrons. The number of carbonyl (C=O) groups excluding carboxylic acids is 2. The fourth-order valence-electron chi connectivity index (χ4n) is 1.54. The summed E-state index contributed by atoms with van der Waals surface area (Å²) in [5.41, 5.74) is 1.07. The van der Waals surface area contributed by atoms with Crippen LogP contribution >= 0.6 is 23.4 Å². The molecule has 1 atom stereocenters. The molecule has 1 N–H and O–H groups in total. The van der Waals surface area contributed by atoms with Crippen molar-refractivity contribution < 1.29 is 9.59 Å². The number of nitrogens with one attached hydrogen (secondary N) is 1. The monoisotopic (exact) mass is 255 g/mol. The number of amides is 1. The Bertz CT molecular complexity index is 461. The summed E-state index contributed by atoms with van der Waals surface area (Å²) in [6.45, 7) is 1.97. The van der Waals surface area contributed by atoms with Crippen molar-refractivity contribution in [2.45, 2.75) is 23.5 Å². The van der Waals surface area contributed by atoms with Gasteiger partial charge in [-0.1, -0.05) is 6.92 Å². The van der Waals surface area contributed by atoms with Gasteiger partial charge in [0, 0.05) is 10.5 Å². The average Bonchev–Trinajstić information content (AvgIpc) is 2.27. The summed E-state index contributed by atoms with van der Waals surface area (Å²) in [5, 5.41) is 2.22. The number of thioether (sulfide) groups is 1. The van der Waals surface area contributed by atoms with Gasteiger partial charge >= 0.3 is 0 Å². The van der Waals surface area contributed by atoms with Crippen molar-refractivity contribution in [3.8, 4) is 0 Å². The second-order valence-corrected chi connectivity index (χ2v) is 5.08. The van der Waals surface area contributed by atoms with Gasteiger partial charge in [-0.2, -0.15) is 0 Å². The SMILES string of the molecule is CCC1Sc2ccc(C(=O)Cl)cc2NC1=O. The minimum atomic E-state index is -0.514. The van der Waals surface area contributed by atoms with Crippen molar-refractivity contribution in [3.63, 3.8) is 0 Å². The molecule has 0 spiro atoms. The van der Waals surface area contributed by atoms with E-state index >= 15 is 0 Å². The maximum absolute atomic E-state index is 11.6. The Kier molecular flexibility index (Phi) is 3.21. The van der Waals surface area contributed by atoms with Gasteiger partial charge in [0.2, 0.25) is 5.91 Å². The molecule has 0 fully saturated rings. The highest BCUT2D eigenvalue weighted by Crippen LogP contribution is 2.37. The molecule has 0 aliphatic carbocycles. The Hall–Kier alpha value is -1.00. The molecular formula is C11H10ClNO2S. The molecule has 1 amide bonds. The fraction of sp³-hybridized carbons (Fsp3) is 0.273. The predicted molar refractivity (Wildman–Crippen MR) is 65.2 cm³/mol. The lowest BCUT2D eigenvalue weighted by Gasteiger charge is -2.23. The Labute approximate surface area is 103 Å². The van der Waals surface area contributed by atoms with Crippen LogP contribution in [0.1, 0.15) is 23.7 Å². The molecule has 1 aliphatic rings. The largest absolute Gasteiger partial charge is 0.324 e. The van der Waals surface area contributed by atoms with Crippen LogP contribution in [-0.2, 0) is 4.79 Å². The second-order valence-electron chi connectivity index (χ2n) is 3.49. The van der Waals surface area contributed by atoms with Crippen LogP contribution in [0.5, 0.6) is 0 Å². The molecule has 1 aromatic rings. The van der Waals surface area contributed by atoms with Crippen LogP contribution in [-0.4, -0.2) is 16.4 Å². The quantitative estimate of drug-likeness (QED) is 0.827. The third kappa shape index (κ3) is 2.08. The van der Waals surface area contributed by atoms with Gasteiger partial charge < -0.3 is 5.32 Å². The molecule has 3 nitrogen and oxygen atoms in total. The van der Waals surface area contributed by atoms with Gasteiger partial charge in [-0.3, -0.25) is 9.59 Å². The standard InChI is InChI=1S/C11H10ClNO2S/c1-2-8-11(15)13-7-5-6(10(12)14)3-4-9(7)16-8/h3-5,8H,2H2,1H3,(H,13,15). The maximum atomic E-state index is 11.6. The number of fused-ring (bicyclic) bond motifs is 1. The predicted octanol–water partition coefficient (Wildman–Crippen LogP) is 2.89. The summed E-state index contributed by atoms with van der Waals surface area (Å²) in [4.78, 5) is 23.6. The summed E-state index contributed by atoms with van der Waals surface area (Å²) in [6.07, 6.45) is 0.784. The number of benzene rings is 1. The number of hydrogen-bond acceptors (Lipinski definition) is 3. The van der Waals surface area contributed by atoms with Gasteiger partial charge in [0.05, 0.1) is 10.9 Å². The normalized spacial score (nSPS) is 18.9. The molecule has 16 heavy (non-hydrogen) atoms. The van der Waals surface area contributed by atoms with Crippen molar-refractivity contribution in [1.82, 2.24) is 0 Å². The van der Waals surface area contributed by atoms with Gasteiger partial charge in [0.25, 0.3) is 5.24 Å². The smallest absolute Gasteiger partial charge is 0.252 e. The number of anilines is 1. The van der Waals surface area contributed by atoms with E-state index in [1.165, 1.54) is 11.8 Å². The minimum Gasteiger partial charge on any atom is -0.324 e. The minimum absolute atomic E-state index is 0.0147. The third-order valence-electron chi connectivity index (χ3n) is 2.40. The van der Waals surface area contributed by atoms with E-state index in [9.17, 15) is 9.59 Å². The molecule has 1 unspecified atom stereocenters. The van der Waals surface area contributed by atoms with E-state index in [1.807, 2.05) is 13.0 Å². The highest BCUT2D eigenvalue weighted by Gasteiger charge is 2.25. The summed E-state index contributed by atoms with van der Waals surface area (Å²) < 4.78 is 0. The molecule has 0 saturated heterocycles.